The van der Waals surface area contributed by atoms with E-state index in [2.05, 4.69) is 15.9 Å². The van der Waals surface area contributed by atoms with E-state index in [4.69, 9.17) is 9.94 Å². The third kappa shape index (κ3) is 2.70. The van der Waals surface area contributed by atoms with Crippen molar-refractivity contribution in [2.75, 3.05) is 14.2 Å². The normalized spacial score (nSPS) is 10.7. The molecule has 0 radical (unpaired) electrons. The minimum Gasteiger partial charge on any atom is -0.496 e. The molecule has 1 rings (SSSR count). The zero-order chi connectivity index (χ0) is 10.7. The van der Waals surface area contributed by atoms with Gasteiger partial charge in [-0.25, -0.2) is 0 Å². The number of methoxy groups -OCH3 is 1. The highest BCUT2D eigenvalue weighted by Crippen LogP contribution is 2.29. The summed E-state index contributed by atoms with van der Waals surface area (Å²) in [5.41, 5.74) is 2.12. The molecule has 0 atom stereocenters. The van der Waals surface area contributed by atoms with E-state index in [1.807, 2.05) is 19.1 Å². The fraction of sp³-hybridized carbons (Fsp3) is 0.400. The van der Waals surface area contributed by atoms with E-state index in [9.17, 15) is 0 Å². The molecule has 0 heterocycles. The molecule has 78 valence electrons. The summed E-state index contributed by atoms with van der Waals surface area (Å²) < 4.78 is 6.16. The van der Waals surface area contributed by atoms with Crippen molar-refractivity contribution < 1.29 is 9.94 Å². The Morgan fingerprint density at radius 1 is 1.50 bits per heavy atom. The molecule has 0 aromatic heterocycles. The molecule has 0 spiro atoms. The Kier molecular flexibility index (Phi) is 3.92. The molecule has 0 fully saturated rings. The predicted molar refractivity (Wildman–Crippen MR) is 58.7 cm³/mol. The van der Waals surface area contributed by atoms with Crippen molar-refractivity contribution in [3.05, 3.63) is 27.7 Å². The van der Waals surface area contributed by atoms with Crippen molar-refractivity contribution in [2.24, 2.45) is 0 Å². The van der Waals surface area contributed by atoms with E-state index in [0.717, 1.165) is 26.4 Å². The number of hydroxylamine groups is 2. The molecule has 0 saturated heterocycles. The van der Waals surface area contributed by atoms with Gasteiger partial charge in [0, 0.05) is 13.6 Å². The molecule has 0 aliphatic carbocycles. The topological polar surface area (TPSA) is 32.7 Å². The van der Waals surface area contributed by atoms with Gasteiger partial charge in [0.1, 0.15) is 5.75 Å². The fourth-order valence-electron chi connectivity index (χ4n) is 1.31. The summed E-state index contributed by atoms with van der Waals surface area (Å²) in [6, 6.07) is 3.92. The van der Waals surface area contributed by atoms with Crippen LogP contribution in [-0.4, -0.2) is 24.4 Å². The third-order valence-corrected chi connectivity index (χ3v) is 2.93. The van der Waals surface area contributed by atoms with Crippen LogP contribution in [0.15, 0.2) is 16.6 Å². The molecule has 1 aromatic rings. The highest BCUT2D eigenvalue weighted by molar-refractivity contribution is 9.10. The van der Waals surface area contributed by atoms with Crippen LogP contribution < -0.4 is 4.74 Å². The van der Waals surface area contributed by atoms with Gasteiger partial charge in [-0.05, 0) is 40.0 Å². The van der Waals surface area contributed by atoms with E-state index >= 15 is 0 Å². The highest BCUT2D eigenvalue weighted by atomic mass is 79.9. The van der Waals surface area contributed by atoms with Crippen molar-refractivity contribution in [1.82, 2.24) is 5.06 Å². The summed E-state index contributed by atoms with van der Waals surface area (Å²) >= 11 is 3.44. The maximum atomic E-state index is 9.11. The number of halogens is 1. The van der Waals surface area contributed by atoms with Gasteiger partial charge in [0.2, 0.25) is 0 Å². The number of hydrogen-bond donors (Lipinski definition) is 1. The summed E-state index contributed by atoms with van der Waals surface area (Å²) in [6.07, 6.45) is 0. The Labute approximate surface area is 92.4 Å². The van der Waals surface area contributed by atoms with Crippen LogP contribution in [-0.2, 0) is 6.54 Å². The lowest BCUT2D eigenvalue weighted by molar-refractivity contribution is -0.0731. The molecule has 0 bridgehead atoms. The van der Waals surface area contributed by atoms with E-state index < -0.39 is 0 Å². The number of benzene rings is 1. The van der Waals surface area contributed by atoms with Gasteiger partial charge < -0.3 is 9.94 Å². The van der Waals surface area contributed by atoms with Gasteiger partial charge in [0.25, 0.3) is 0 Å². The van der Waals surface area contributed by atoms with E-state index in [0.29, 0.717) is 6.54 Å². The molecule has 1 N–H and O–H groups in total. The molecular weight excluding hydrogens is 246 g/mol. The van der Waals surface area contributed by atoms with E-state index in [-0.39, 0.29) is 0 Å². The molecule has 0 saturated carbocycles. The second kappa shape index (κ2) is 4.77. The number of nitrogens with zero attached hydrogens (tertiary/aromatic N) is 1. The maximum Gasteiger partial charge on any atom is 0.133 e. The van der Waals surface area contributed by atoms with Crippen LogP contribution >= 0.6 is 15.9 Å². The largest absolute Gasteiger partial charge is 0.496 e. The van der Waals surface area contributed by atoms with Crippen LogP contribution in [0.25, 0.3) is 0 Å². The summed E-state index contributed by atoms with van der Waals surface area (Å²) in [5.74, 6) is 0.793. The van der Waals surface area contributed by atoms with Crippen LogP contribution in [0.2, 0.25) is 0 Å². The Bertz CT molecular complexity index is 326. The average molecular weight is 260 g/mol. The second-order valence-electron chi connectivity index (χ2n) is 3.24. The summed E-state index contributed by atoms with van der Waals surface area (Å²) in [4.78, 5) is 0. The molecule has 0 amide bonds. The first-order chi connectivity index (χ1) is 6.54. The lowest BCUT2D eigenvalue weighted by atomic mass is 10.1. The molecule has 0 unspecified atom stereocenters. The minimum absolute atomic E-state index is 0.491. The van der Waals surface area contributed by atoms with Crippen LogP contribution in [0.1, 0.15) is 11.1 Å². The summed E-state index contributed by atoms with van der Waals surface area (Å²) in [6.45, 7) is 2.48. The molecule has 0 aliphatic rings. The first kappa shape index (κ1) is 11.5. The fourth-order valence-corrected chi connectivity index (χ4v) is 1.70. The van der Waals surface area contributed by atoms with Gasteiger partial charge >= 0.3 is 0 Å². The molecule has 1 aromatic carbocycles. The third-order valence-electron chi connectivity index (χ3n) is 1.91. The molecule has 0 aliphatic heterocycles. The number of aryl methyl sites for hydroxylation is 1. The van der Waals surface area contributed by atoms with Crippen LogP contribution in [0.4, 0.5) is 0 Å². The van der Waals surface area contributed by atoms with Crippen LogP contribution in [0.3, 0.4) is 0 Å². The van der Waals surface area contributed by atoms with Crippen molar-refractivity contribution in [2.45, 2.75) is 13.5 Å². The lowest BCUT2D eigenvalue weighted by Crippen LogP contribution is -2.11. The summed E-state index contributed by atoms with van der Waals surface area (Å²) in [7, 11) is 3.25. The Balaban J connectivity index is 3.03. The SMILES string of the molecule is COc1cc(CN(C)O)cc(C)c1Br. The van der Waals surface area contributed by atoms with Crippen molar-refractivity contribution in [3.8, 4) is 5.75 Å². The van der Waals surface area contributed by atoms with Crippen molar-refractivity contribution in [3.63, 3.8) is 0 Å². The zero-order valence-electron chi connectivity index (χ0n) is 8.54. The quantitative estimate of drug-likeness (QED) is 0.848. The van der Waals surface area contributed by atoms with E-state index in [1.165, 1.54) is 0 Å². The molecule has 3 nitrogen and oxygen atoms in total. The van der Waals surface area contributed by atoms with Crippen molar-refractivity contribution >= 4 is 15.9 Å². The first-order valence-corrected chi connectivity index (χ1v) is 5.07. The van der Waals surface area contributed by atoms with Gasteiger partial charge in [-0.1, -0.05) is 6.07 Å². The standard InChI is InChI=1S/C10H14BrNO2/c1-7-4-8(6-12(2)13)5-9(14-3)10(7)11/h4-5,13H,6H2,1-3H3. The Morgan fingerprint density at radius 2 is 2.14 bits per heavy atom. The molecule has 4 heteroatoms. The zero-order valence-corrected chi connectivity index (χ0v) is 10.1. The second-order valence-corrected chi connectivity index (χ2v) is 4.04. The number of hydrogen-bond acceptors (Lipinski definition) is 3. The Hall–Kier alpha value is -0.580. The average Bonchev–Trinajstić information content (AvgIpc) is 2.10. The van der Waals surface area contributed by atoms with Gasteiger partial charge in [-0.15, -0.1) is 0 Å². The summed E-state index contributed by atoms with van der Waals surface area (Å²) in [5, 5.41) is 10.3. The molecule has 14 heavy (non-hydrogen) atoms. The van der Waals surface area contributed by atoms with Gasteiger partial charge in [0.15, 0.2) is 0 Å². The predicted octanol–water partition coefficient (Wildman–Crippen LogP) is 2.59. The maximum absolute atomic E-state index is 9.11. The monoisotopic (exact) mass is 259 g/mol. The number of rotatable bonds is 3. The number of ether oxygens (including phenoxy) is 1. The first-order valence-electron chi connectivity index (χ1n) is 4.27. The van der Waals surface area contributed by atoms with Gasteiger partial charge in [-0.3, -0.25) is 0 Å². The smallest absolute Gasteiger partial charge is 0.133 e. The highest BCUT2D eigenvalue weighted by Gasteiger charge is 2.06. The van der Waals surface area contributed by atoms with Crippen LogP contribution in [0.5, 0.6) is 5.75 Å². The molecular formula is C10H14BrNO2. The van der Waals surface area contributed by atoms with Gasteiger partial charge in [0.05, 0.1) is 11.6 Å². The van der Waals surface area contributed by atoms with Crippen LogP contribution in [0, 0.1) is 6.92 Å². The van der Waals surface area contributed by atoms with Gasteiger partial charge in [-0.2, -0.15) is 5.06 Å². The lowest BCUT2D eigenvalue weighted by Gasteiger charge is -2.12. The van der Waals surface area contributed by atoms with E-state index in [1.54, 1.807) is 14.2 Å². The van der Waals surface area contributed by atoms with Crippen molar-refractivity contribution in [1.29, 1.82) is 0 Å². The Morgan fingerprint density at radius 3 is 2.64 bits per heavy atom. The minimum atomic E-state index is 0.491.